The highest BCUT2D eigenvalue weighted by molar-refractivity contribution is 6.35. The predicted molar refractivity (Wildman–Crippen MR) is 127 cm³/mol. The van der Waals surface area contributed by atoms with Crippen molar-refractivity contribution in [3.63, 3.8) is 0 Å². The molecule has 0 radical (unpaired) electrons. The average molecular weight is 464 g/mol. The molecule has 3 heterocycles. The number of para-hydroxylation sites is 2. The average Bonchev–Trinajstić information content (AvgIpc) is 3.42. The molecule has 1 aliphatic heterocycles. The van der Waals surface area contributed by atoms with Crippen molar-refractivity contribution in [2.75, 3.05) is 44.7 Å². The molecule has 3 aromatic rings. The van der Waals surface area contributed by atoms with Gasteiger partial charge in [0.15, 0.2) is 0 Å². The van der Waals surface area contributed by atoms with Gasteiger partial charge in [-0.25, -0.2) is 0 Å². The van der Waals surface area contributed by atoms with Gasteiger partial charge in [0, 0.05) is 45.1 Å². The first-order valence-electron chi connectivity index (χ1n) is 11.3. The molecule has 9 nitrogen and oxygen atoms in total. The van der Waals surface area contributed by atoms with Crippen LogP contribution in [0.25, 0.3) is 0 Å². The molecule has 1 saturated heterocycles. The number of hydrogen-bond donors (Lipinski definition) is 2. The van der Waals surface area contributed by atoms with Gasteiger partial charge in [0.1, 0.15) is 11.5 Å². The summed E-state index contributed by atoms with van der Waals surface area (Å²) in [5, 5.41) is 5.36. The second-order valence-corrected chi connectivity index (χ2v) is 7.97. The standard InChI is InChI=1S/C25H29N5O4/c1-33-23-9-3-2-8-21(23)29-11-13-30(14-12-29)22(19-6-4-10-26-16-19)18-28-25(32)24(31)27-17-20-7-5-15-34-20/h2-10,15-16,22H,11-14,17-18H2,1H3,(H,27,31)(H,28,32). The first-order chi connectivity index (χ1) is 16.7. The highest BCUT2D eigenvalue weighted by Crippen LogP contribution is 2.30. The van der Waals surface area contributed by atoms with Crippen LogP contribution < -0.4 is 20.3 Å². The zero-order valence-corrected chi connectivity index (χ0v) is 19.1. The maximum Gasteiger partial charge on any atom is 0.309 e. The molecule has 1 atom stereocenters. The Morgan fingerprint density at radius 1 is 1.03 bits per heavy atom. The lowest BCUT2D eigenvalue weighted by Gasteiger charge is -2.40. The number of rotatable bonds is 8. The second-order valence-electron chi connectivity index (χ2n) is 7.97. The Balaban J connectivity index is 1.37. The molecule has 2 aromatic heterocycles. The molecule has 1 aromatic carbocycles. The van der Waals surface area contributed by atoms with E-state index >= 15 is 0 Å². The van der Waals surface area contributed by atoms with Crippen molar-refractivity contribution in [2.24, 2.45) is 0 Å². The first kappa shape index (κ1) is 23.3. The van der Waals surface area contributed by atoms with Crippen LogP contribution in [0.3, 0.4) is 0 Å². The quantitative estimate of drug-likeness (QED) is 0.493. The number of pyridine rings is 1. The Kier molecular flexibility index (Phi) is 7.77. The summed E-state index contributed by atoms with van der Waals surface area (Å²) < 4.78 is 10.7. The maximum atomic E-state index is 12.4. The van der Waals surface area contributed by atoms with Crippen LogP contribution in [0.2, 0.25) is 0 Å². The molecule has 0 spiro atoms. The van der Waals surface area contributed by atoms with Crippen molar-refractivity contribution in [3.05, 3.63) is 78.5 Å². The molecule has 0 bridgehead atoms. The molecule has 2 N–H and O–H groups in total. The number of piperazine rings is 1. The smallest absolute Gasteiger partial charge is 0.309 e. The summed E-state index contributed by atoms with van der Waals surface area (Å²) in [5.74, 6) is 0.0744. The van der Waals surface area contributed by atoms with E-state index < -0.39 is 11.8 Å². The Morgan fingerprint density at radius 3 is 2.53 bits per heavy atom. The predicted octanol–water partition coefficient (Wildman–Crippen LogP) is 1.98. The first-order valence-corrected chi connectivity index (χ1v) is 11.3. The summed E-state index contributed by atoms with van der Waals surface area (Å²) in [6.45, 7) is 3.67. The number of ether oxygens (including phenoxy) is 1. The third kappa shape index (κ3) is 5.74. The minimum absolute atomic E-state index is 0.102. The van der Waals surface area contributed by atoms with E-state index in [4.69, 9.17) is 9.15 Å². The van der Waals surface area contributed by atoms with Gasteiger partial charge in [-0.1, -0.05) is 18.2 Å². The highest BCUT2D eigenvalue weighted by Gasteiger charge is 2.27. The number of amides is 2. The number of methoxy groups -OCH3 is 1. The molecule has 34 heavy (non-hydrogen) atoms. The van der Waals surface area contributed by atoms with Crippen molar-refractivity contribution >= 4 is 17.5 Å². The molecule has 2 amide bonds. The fourth-order valence-electron chi connectivity index (χ4n) is 4.13. The number of hydrogen-bond acceptors (Lipinski definition) is 7. The molecule has 1 fully saturated rings. The number of aromatic nitrogens is 1. The van der Waals surface area contributed by atoms with Gasteiger partial charge < -0.3 is 24.7 Å². The number of nitrogens with zero attached hydrogens (tertiary/aromatic N) is 3. The number of benzene rings is 1. The fraction of sp³-hybridized carbons (Fsp3) is 0.320. The monoisotopic (exact) mass is 463 g/mol. The van der Waals surface area contributed by atoms with E-state index in [1.165, 1.54) is 6.26 Å². The maximum absolute atomic E-state index is 12.4. The summed E-state index contributed by atoms with van der Waals surface area (Å²) in [6, 6.07) is 15.2. The van der Waals surface area contributed by atoms with Crippen molar-refractivity contribution in [1.29, 1.82) is 0 Å². The molecule has 1 unspecified atom stereocenters. The number of anilines is 1. The van der Waals surface area contributed by atoms with Crippen molar-refractivity contribution < 1.29 is 18.7 Å². The summed E-state index contributed by atoms with van der Waals surface area (Å²) in [6.07, 6.45) is 5.05. The normalized spacial score (nSPS) is 14.9. The van der Waals surface area contributed by atoms with Crippen molar-refractivity contribution in [1.82, 2.24) is 20.5 Å². The van der Waals surface area contributed by atoms with Crippen LogP contribution in [0.5, 0.6) is 5.75 Å². The van der Waals surface area contributed by atoms with Gasteiger partial charge in [0.05, 0.1) is 31.6 Å². The van der Waals surface area contributed by atoms with Crippen LogP contribution in [-0.4, -0.2) is 61.5 Å². The Labute approximate surface area is 198 Å². The van der Waals surface area contributed by atoms with Crippen molar-refractivity contribution in [3.8, 4) is 5.75 Å². The molecule has 9 heteroatoms. The molecule has 0 saturated carbocycles. The zero-order chi connectivity index (χ0) is 23.8. The van der Waals surface area contributed by atoms with E-state index in [2.05, 4.69) is 31.5 Å². The summed E-state index contributed by atoms with van der Waals surface area (Å²) in [4.78, 5) is 33.5. The molecule has 4 rings (SSSR count). The van der Waals surface area contributed by atoms with E-state index in [9.17, 15) is 9.59 Å². The van der Waals surface area contributed by atoms with Gasteiger partial charge in [-0.2, -0.15) is 0 Å². The van der Waals surface area contributed by atoms with Crippen molar-refractivity contribution in [2.45, 2.75) is 12.6 Å². The van der Waals surface area contributed by atoms with Crippen LogP contribution in [0, 0.1) is 0 Å². The number of furan rings is 1. The molecular formula is C25H29N5O4. The SMILES string of the molecule is COc1ccccc1N1CCN(C(CNC(=O)C(=O)NCc2ccco2)c2cccnc2)CC1. The van der Waals surface area contributed by atoms with Gasteiger partial charge >= 0.3 is 11.8 Å². The number of carbonyl (C=O) groups is 2. The molecule has 1 aliphatic rings. The van der Waals surface area contributed by atoms with E-state index in [0.717, 1.165) is 43.2 Å². The summed E-state index contributed by atoms with van der Waals surface area (Å²) in [7, 11) is 1.68. The lowest BCUT2D eigenvalue weighted by atomic mass is 10.1. The minimum atomic E-state index is -0.692. The third-order valence-electron chi connectivity index (χ3n) is 5.92. The van der Waals surface area contributed by atoms with Crippen LogP contribution in [0.4, 0.5) is 5.69 Å². The van der Waals surface area contributed by atoms with Gasteiger partial charge in [0.25, 0.3) is 0 Å². The Morgan fingerprint density at radius 2 is 1.82 bits per heavy atom. The molecule has 0 aliphatic carbocycles. The van der Waals surface area contributed by atoms with Crippen LogP contribution >= 0.6 is 0 Å². The topological polar surface area (TPSA) is 99.9 Å². The minimum Gasteiger partial charge on any atom is -0.495 e. The lowest BCUT2D eigenvalue weighted by molar-refractivity contribution is -0.139. The lowest BCUT2D eigenvalue weighted by Crippen LogP contribution is -2.51. The van der Waals surface area contributed by atoms with E-state index in [1.807, 2.05) is 30.3 Å². The summed E-state index contributed by atoms with van der Waals surface area (Å²) >= 11 is 0. The molecular weight excluding hydrogens is 434 g/mol. The van der Waals surface area contributed by atoms with Crippen LogP contribution in [0.15, 0.2) is 71.6 Å². The zero-order valence-electron chi connectivity index (χ0n) is 19.1. The Hall–Kier alpha value is -3.85. The largest absolute Gasteiger partial charge is 0.495 e. The third-order valence-corrected chi connectivity index (χ3v) is 5.92. The highest BCUT2D eigenvalue weighted by atomic mass is 16.5. The van der Waals surface area contributed by atoms with Gasteiger partial charge in [-0.3, -0.25) is 19.5 Å². The number of carbonyl (C=O) groups excluding carboxylic acids is 2. The second kappa shape index (κ2) is 11.3. The summed E-state index contributed by atoms with van der Waals surface area (Å²) in [5.41, 5.74) is 2.06. The van der Waals surface area contributed by atoms with Gasteiger partial charge in [0.2, 0.25) is 0 Å². The van der Waals surface area contributed by atoms with Crippen LogP contribution in [-0.2, 0) is 16.1 Å². The van der Waals surface area contributed by atoms with Gasteiger partial charge in [-0.15, -0.1) is 0 Å². The van der Waals surface area contributed by atoms with E-state index in [1.54, 1.807) is 31.6 Å². The van der Waals surface area contributed by atoms with E-state index in [0.29, 0.717) is 12.3 Å². The fourth-order valence-corrected chi connectivity index (χ4v) is 4.13. The number of nitrogens with one attached hydrogen (secondary N) is 2. The van der Waals surface area contributed by atoms with Gasteiger partial charge in [-0.05, 0) is 35.9 Å². The van der Waals surface area contributed by atoms with Crippen LogP contribution in [0.1, 0.15) is 17.4 Å². The van der Waals surface area contributed by atoms with E-state index in [-0.39, 0.29) is 12.6 Å². The molecule has 178 valence electrons. The Bertz CT molecular complexity index is 1070.